The van der Waals surface area contributed by atoms with Crippen molar-refractivity contribution < 1.29 is 9.53 Å². The number of nitrogens with zero attached hydrogens (tertiary/aromatic N) is 1. The SMILES string of the molecule is CCC(C)(C)c1ccc(OCCN(C)C(=O)CCl)cc1. The average Bonchev–Trinajstić information content (AvgIpc) is 2.46. The van der Waals surface area contributed by atoms with Crippen molar-refractivity contribution in [3.63, 3.8) is 0 Å². The van der Waals surface area contributed by atoms with Gasteiger partial charge < -0.3 is 9.64 Å². The molecule has 0 aromatic heterocycles. The molecule has 112 valence electrons. The molecule has 0 spiro atoms. The lowest BCUT2D eigenvalue weighted by Crippen LogP contribution is -2.31. The lowest BCUT2D eigenvalue weighted by Gasteiger charge is -2.23. The van der Waals surface area contributed by atoms with Gasteiger partial charge in [-0.15, -0.1) is 11.6 Å². The number of benzene rings is 1. The van der Waals surface area contributed by atoms with Crippen molar-refractivity contribution in [2.45, 2.75) is 32.6 Å². The molecule has 1 rings (SSSR count). The van der Waals surface area contributed by atoms with Crippen molar-refractivity contribution in [3.05, 3.63) is 29.8 Å². The first-order chi connectivity index (χ1) is 9.40. The van der Waals surface area contributed by atoms with E-state index in [2.05, 4.69) is 32.9 Å². The third-order valence-electron chi connectivity index (χ3n) is 3.76. The summed E-state index contributed by atoms with van der Waals surface area (Å²) in [5.41, 5.74) is 1.49. The monoisotopic (exact) mass is 297 g/mol. The summed E-state index contributed by atoms with van der Waals surface area (Å²) in [4.78, 5) is 12.9. The summed E-state index contributed by atoms with van der Waals surface area (Å²) in [5.74, 6) is 0.750. The molecule has 0 atom stereocenters. The van der Waals surface area contributed by atoms with Gasteiger partial charge in [0.1, 0.15) is 18.2 Å². The highest BCUT2D eigenvalue weighted by atomic mass is 35.5. The number of ether oxygens (including phenoxy) is 1. The fraction of sp³-hybridized carbons (Fsp3) is 0.562. The van der Waals surface area contributed by atoms with E-state index in [-0.39, 0.29) is 17.2 Å². The molecule has 4 heteroatoms. The van der Waals surface area contributed by atoms with E-state index < -0.39 is 0 Å². The molecular weight excluding hydrogens is 274 g/mol. The molecule has 0 N–H and O–H groups in total. The number of carbonyl (C=O) groups excluding carboxylic acids is 1. The highest BCUT2D eigenvalue weighted by Gasteiger charge is 2.17. The van der Waals surface area contributed by atoms with Gasteiger partial charge in [-0.05, 0) is 29.5 Å². The fourth-order valence-electron chi connectivity index (χ4n) is 1.73. The van der Waals surface area contributed by atoms with Crippen molar-refractivity contribution in [2.24, 2.45) is 0 Å². The molecule has 0 unspecified atom stereocenters. The van der Waals surface area contributed by atoms with Gasteiger partial charge in [-0.25, -0.2) is 0 Å². The molecule has 1 aromatic rings. The van der Waals surface area contributed by atoms with Crippen molar-refractivity contribution in [1.29, 1.82) is 0 Å². The summed E-state index contributed by atoms with van der Waals surface area (Å²) in [6.45, 7) is 7.66. The van der Waals surface area contributed by atoms with E-state index in [0.29, 0.717) is 13.2 Å². The normalized spacial score (nSPS) is 11.2. The third kappa shape index (κ3) is 4.71. The van der Waals surface area contributed by atoms with Crippen molar-refractivity contribution in [1.82, 2.24) is 4.90 Å². The number of alkyl halides is 1. The molecule has 0 radical (unpaired) electrons. The van der Waals surface area contributed by atoms with Crippen molar-refractivity contribution >= 4 is 17.5 Å². The maximum Gasteiger partial charge on any atom is 0.237 e. The second kappa shape index (κ2) is 7.53. The largest absolute Gasteiger partial charge is 0.492 e. The second-order valence-corrected chi connectivity index (χ2v) is 5.83. The zero-order valence-corrected chi connectivity index (χ0v) is 13.5. The van der Waals surface area contributed by atoms with E-state index in [1.807, 2.05) is 12.1 Å². The van der Waals surface area contributed by atoms with Crippen LogP contribution in [0.2, 0.25) is 0 Å². The van der Waals surface area contributed by atoms with Crippen molar-refractivity contribution in [2.75, 3.05) is 26.1 Å². The summed E-state index contributed by atoms with van der Waals surface area (Å²) in [6.07, 6.45) is 1.10. The zero-order valence-electron chi connectivity index (χ0n) is 12.8. The molecule has 1 amide bonds. The molecule has 1 aromatic carbocycles. The summed E-state index contributed by atoms with van der Waals surface area (Å²) in [5, 5.41) is 0. The molecule has 0 aliphatic heterocycles. The van der Waals surface area contributed by atoms with Gasteiger partial charge in [0.2, 0.25) is 5.91 Å². The third-order valence-corrected chi connectivity index (χ3v) is 3.98. The first-order valence-corrected chi connectivity index (χ1v) is 7.47. The zero-order chi connectivity index (χ0) is 15.2. The first kappa shape index (κ1) is 16.8. The molecular formula is C16H24ClNO2. The Hall–Kier alpha value is -1.22. The first-order valence-electron chi connectivity index (χ1n) is 6.94. The van der Waals surface area contributed by atoms with Crippen LogP contribution < -0.4 is 4.74 Å². The fourth-order valence-corrected chi connectivity index (χ4v) is 1.94. The van der Waals surface area contributed by atoms with E-state index in [1.165, 1.54) is 5.56 Å². The van der Waals surface area contributed by atoms with Gasteiger partial charge in [-0.3, -0.25) is 4.79 Å². The number of likely N-dealkylation sites (N-methyl/N-ethyl adjacent to an activating group) is 1. The van der Waals surface area contributed by atoms with Gasteiger partial charge in [0, 0.05) is 7.05 Å². The van der Waals surface area contributed by atoms with Gasteiger partial charge in [-0.2, -0.15) is 0 Å². The number of hydrogen-bond donors (Lipinski definition) is 0. The number of carbonyl (C=O) groups is 1. The molecule has 0 bridgehead atoms. The summed E-state index contributed by atoms with van der Waals surface area (Å²) >= 11 is 5.48. The van der Waals surface area contributed by atoms with Gasteiger partial charge in [0.15, 0.2) is 0 Å². The van der Waals surface area contributed by atoms with Crippen LogP contribution in [0.25, 0.3) is 0 Å². The molecule has 3 nitrogen and oxygen atoms in total. The van der Waals surface area contributed by atoms with Crippen LogP contribution in [0.5, 0.6) is 5.75 Å². The van der Waals surface area contributed by atoms with Gasteiger partial charge in [-0.1, -0.05) is 32.9 Å². The van der Waals surface area contributed by atoms with E-state index in [0.717, 1.165) is 12.2 Å². The van der Waals surface area contributed by atoms with E-state index in [4.69, 9.17) is 16.3 Å². The van der Waals surface area contributed by atoms with Crippen LogP contribution in [-0.4, -0.2) is 36.9 Å². The van der Waals surface area contributed by atoms with Crippen LogP contribution in [0.3, 0.4) is 0 Å². The minimum atomic E-state index is -0.0877. The number of amides is 1. The molecule has 0 fully saturated rings. The Bertz CT molecular complexity index is 429. The van der Waals surface area contributed by atoms with Crippen LogP contribution in [0, 0.1) is 0 Å². The molecule has 0 saturated carbocycles. The van der Waals surface area contributed by atoms with Gasteiger partial charge in [0.05, 0.1) is 6.54 Å². The second-order valence-electron chi connectivity index (χ2n) is 5.56. The summed E-state index contributed by atoms with van der Waals surface area (Å²) < 4.78 is 5.64. The predicted molar refractivity (Wildman–Crippen MR) is 83.6 cm³/mol. The standard InChI is InChI=1S/C16H24ClNO2/c1-5-16(2,3)13-6-8-14(9-7-13)20-11-10-18(4)15(19)12-17/h6-9H,5,10-12H2,1-4H3. The molecule has 0 aliphatic carbocycles. The Balaban J connectivity index is 2.49. The smallest absolute Gasteiger partial charge is 0.237 e. The number of hydrogen-bond acceptors (Lipinski definition) is 2. The molecule has 20 heavy (non-hydrogen) atoms. The highest BCUT2D eigenvalue weighted by Crippen LogP contribution is 2.27. The molecule has 0 saturated heterocycles. The van der Waals surface area contributed by atoms with Gasteiger partial charge >= 0.3 is 0 Å². The lowest BCUT2D eigenvalue weighted by molar-refractivity contribution is -0.127. The topological polar surface area (TPSA) is 29.5 Å². The van der Waals surface area contributed by atoms with E-state index in [1.54, 1.807) is 11.9 Å². The lowest BCUT2D eigenvalue weighted by atomic mass is 9.82. The number of halogens is 1. The Morgan fingerprint density at radius 2 is 1.90 bits per heavy atom. The molecule has 0 heterocycles. The Labute approximate surface area is 126 Å². The van der Waals surface area contributed by atoms with Crippen LogP contribution in [-0.2, 0) is 10.2 Å². The van der Waals surface area contributed by atoms with Crippen LogP contribution in [0.4, 0.5) is 0 Å². The molecule has 0 aliphatic rings. The Morgan fingerprint density at radius 1 is 1.30 bits per heavy atom. The quantitative estimate of drug-likeness (QED) is 0.722. The summed E-state index contributed by atoms with van der Waals surface area (Å²) in [7, 11) is 1.72. The maximum absolute atomic E-state index is 11.3. The van der Waals surface area contributed by atoms with Crippen LogP contribution in [0.15, 0.2) is 24.3 Å². The average molecular weight is 298 g/mol. The minimum absolute atomic E-state index is 0.0112. The predicted octanol–water partition coefficient (Wildman–Crippen LogP) is 3.45. The van der Waals surface area contributed by atoms with E-state index in [9.17, 15) is 4.79 Å². The van der Waals surface area contributed by atoms with Crippen LogP contribution >= 0.6 is 11.6 Å². The Kier molecular flexibility index (Phi) is 6.34. The number of rotatable bonds is 7. The maximum atomic E-state index is 11.3. The van der Waals surface area contributed by atoms with Gasteiger partial charge in [0.25, 0.3) is 0 Å². The minimum Gasteiger partial charge on any atom is -0.492 e. The highest BCUT2D eigenvalue weighted by molar-refractivity contribution is 6.27. The van der Waals surface area contributed by atoms with Crippen LogP contribution in [0.1, 0.15) is 32.8 Å². The Morgan fingerprint density at radius 3 is 2.40 bits per heavy atom. The van der Waals surface area contributed by atoms with E-state index >= 15 is 0 Å². The van der Waals surface area contributed by atoms with Crippen molar-refractivity contribution in [3.8, 4) is 5.75 Å². The summed E-state index contributed by atoms with van der Waals surface area (Å²) in [6, 6.07) is 8.17.